The monoisotopic (exact) mass is 724 g/mol. The van der Waals surface area contributed by atoms with E-state index in [1.54, 1.807) is 0 Å². The summed E-state index contributed by atoms with van der Waals surface area (Å²) in [4.78, 5) is 2.32. The first-order valence-corrected chi connectivity index (χ1v) is 19.2. The molecule has 0 spiro atoms. The van der Waals surface area contributed by atoms with Gasteiger partial charge in [-0.2, -0.15) is 0 Å². The van der Waals surface area contributed by atoms with Crippen molar-refractivity contribution in [1.29, 1.82) is 0 Å². The number of nitrogens with zero attached hydrogens (tertiary/aromatic N) is 1. The fourth-order valence-corrected chi connectivity index (χ4v) is 8.09. The summed E-state index contributed by atoms with van der Waals surface area (Å²) in [5, 5.41) is 13.8. The highest BCUT2D eigenvalue weighted by molar-refractivity contribution is 6.11. The number of nitrogens with one attached hydrogen (secondary N) is 3. The van der Waals surface area contributed by atoms with Crippen molar-refractivity contribution in [2.45, 2.75) is 18.5 Å². The first kappa shape index (κ1) is 33.8. The van der Waals surface area contributed by atoms with E-state index < -0.39 is 0 Å². The van der Waals surface area contributed by atoms with E-state index in [0.717, 1.165) is 55.7 Å². The highest BCUT2D eigenvalue weighted by Gasteiger charge is 2.32. The molecule has 9 aromatic rings. The molecule has 0 saturated carbocycles. The van der Waals surface area contributed by atoms with Gasteiger partial charge in [0.25, 0.3) is 0 Å². The summed E-state index contributed by atoms with van der Waals surface area (Å²) in [6.07, 6.45) is -0.339. The minimum Gasteiger partial charge on any atom is -0.455 e. The molecule has 2 heterocycles. The Hall–Kier alpha value is -6.76. The summed E-state index contributed by atoms with van der Waals surface area (Å²) in [6.45, 7) is 0. The second-order valence-corrected chi connectivity index (χ2v) is 14.3. The van der Waals surface area contributed by atoms with Gasteiger partial charge in [-0.1, -0.05) is 164 Å². The van der Waals surface area contributed by atoms with Gasteiger partial charge in [-0.3, -0.25) is 16.0 Å². The Labute approximate surface area is 326 Å². The molecule has 1 saturated heterocycles. The number of hydrogen-bond donors (Lipinski definition) is 3. The minimum atomic E-state index is -0.178. The van der Waals surface area contributed by atoms with E-state index in [-0.39, 0.29) is 18.5 Å². The zero-order chi connectivity index (χ0) is 37.3. The van der Waals surface area contributed by atoms with Crippen LogP contribution in [-0.4, -0.2) is 0 Å². The number of anilines is 3. The number of rotatable bonds is 8. The number of fused-ring (bicyclic) bond motifs is 3. The fourth-order valence-electron chi connectivity index (χ4n) is 8.09. The third kappa shape index (κ3) is 6.44. The molecule has 2 atom stereocenters. The molecule has 0 amide bonds. The van der Waals surface area contributed by atoms with Gasteiger partial charge in [-0.05, 0) is 75.8 Å². The topological polar surface area (TPSA) is 52.5 Å². The summed E-state index contributed by atoms with van der Waals surface area (Å²) in [6, 6.07) is 72.8. The fraction of sp³-hybridized carbons (Fsp3) is 0.0588. The van der Waals surface area contributed by atoms with Gasteiger partial charge in [0.2, 0.25) is 0 Å². The Morgan fingerprint density at radius 1 is 0.393 bits per heavy atom. The van der Waals surface area contributed by atoms with Crippen LogP contribution in [0.2, 0.25) is 0 Å². The second-order valence-electron chi connectivity index (χ2n) is 14.3. The van der Waals surface area contributed by atoms with Crippen LogP contribution in [0, 0.1) is 0 Å². The number of para-hydroxylation sites is 2. The van der Waals surface area contributed by atoms with Crippen molar-refractivity contribution >= 4 is 39.0 Å². The molecule has 2 unspecified atom stereocenters. The molecule has 1 fully saturated rings. The number of hydrogen-bond acceptors (Lipinski definition) is 5. The molecule has 3 N–H and O–H groups in total. The quantitative estimate of drug-likeness (QED) is 0.146. The van der Waals surface area contributed by atoms with Crippen LogP contribution in [-0.2, 0) is 0 Å². The Kier molecular flexibility index (Phi) is 8.94. The first-order chi connectivity index (χ1) is 27.8. The lowest BCUT2D eigenvalue weighted by Crippen LogP contribution is -2.54. The molecular formula is C51H40N4O. The number of furan rings is 1. The highest BCUT2D eigenvalue weighted by Crippen LogP contribution is 2.43. The first-order valence-electron chi connectivity index (χ1n) is 19.2. The average Bonchev–Trinajstić information content (AvgIpc) is 3.68. The van der Waals surface area contributed by atoms with Crippen LogP contribution in [0.4, 0.5) is 17.1 Å². The van der Waals surface area contributed by atoms with Crippen molar-refractivity contribution in [3.8, 4) is 22.3 Å². The summed E-state index contributed by atoms with van der Waals surface area (Å²) in [5.74, 6) is 0. The van der Waals surface area contributed by atoms with Crippen LogP contribution < -0.4 is 20.9 Å². The van der Waals surface area contributed by atoms with Crippen molar-refractivity contribution in [1.82, 2.24) is 16.0 Å². The van der Waals surface area contributed by atoms with E-state index in [0.29, 0.717) is 0 Å². The van der Waals surface area contributed by atoms with Crippen LogP contribution in [0.25, 0.3) is 44.2 Å². The maximum Gasteiger partial charge on any atom is 0.143 e. The van der Waals surface area contributed by atoms with Crippen LogP contribution in [0.5, 0.6) is 0 Å². The molecule has 5 nitrogen and oxygen atoms in total. The molecule has 1 aliphatic heterocycles. The van der Waals surface area contributed by atoms with Gasteiger partial charge in [0.1, 0.15) is 11.2 Å². The number of benzene rings is 8. The summed E-state index contributed by atoms with van der Waals surface area (Å²) in [5.41, 5.74) is 13.0. The van der Waals surface area contributed by atoms with Gasteiger partial charge in [-0.25, -0.2) is 0 Å². The smallest absolute Gasteiger partial charge is 0.143 e. The molecular weight excluding hydrogens is 685 g/mol. The van der Waals surface area contributed by atoms with Crippen LogP contribution >= 0.6 is 0 Å². The molecule has 5 heteroatoms. The maximum atomic E-state index is 6.83. The lowest BCUT2D eigenvalue weighted by Gasteiger charge is -2.40. The second kappa shape index (κ2) is 14.8. The predicted molar refractivity (Wildman–Crippen MR) is 230 cm³/mol. The third-order valence-corrected chi connectivity index (χ3v) is 10.8. The highest BCUT2D eigenvalue weighted by atomic mass is 16.3. The van der Waals surface area contributed by atoms with Gasteiger partial charge in [0, 0.05) is 33.4 Å². The van der Waals surface area contributed by atoms with Crippen molar-refractivity contribution in [3.63, 3.8) is 0 Å². The van der Waals surface area contributed by atoms with E-state index in [4.69, 9.17) is 4.42 Å². The molecule has 270 valence electrons. The molecule has 0 radical (unpaired) electrons. The molecule has 1 aliphatic rings. The largest absolute Gasteiger partial charge is 0.455 e. The van der Waals surface area contributed by atoms with E-state index in [1.165, 1.54) is 22.3 Å². The summed E-state index contributed by atoms with van der Waals surface area (Å²) >= 11 is 0. The van der Waals surface area contributed by atoms with Crippen molar-refractivity contribution in [2.75, 3.05) is 4.90 Å². The van der Waals surface area contributed by atoms with Crippen LogP contribution in [0.3, 0.4) is 0 Å². The Morgan fingerprint density at radius 3 is 1.59 bits per heavy atom. The average molecular weight is 725 g/mol. The van der Waals surface area contributed by atoms with E-state index in [9.17, 15) is 0 Å². The minimum absolute atomic E-state index is 0.0806. The molecule has 0 aliphatic carbocycles. The van der Waals surface area contributed by atoms with Gasteiger partial charge < -0.3 is 9.32 Å². The normalized spacial score (nSPS) is 16.9. The molecule has 8 aromatic carbocycles. The lowest BCUT2D eigenvalue weighted by atomic mass is 9.95. The third-order valence-electron chi connectivity index (χ3n) is 10.8. The van der Waals surface area contributed by atoms with Crippen LogP contribution in [0.15, 0.2) is 211 Å². The summed E-state index contributed by atoms with van der Waals surface area (Å²) in [7, 11) is 0. The van der Waals surface area contributed by atoms with E-state index in [2.05, 4.69) is 221 Å². The Balaban J connectivity index is 1.08. The summed E-state index contributed by atoms with van der Waals surface area (Å²) < 4.78 is 6.83. The molecule has 0 bridgehead atoms. The lowest BCUT2D eigenvalue weighted by molar-refractivity contribution is 0.204. The molecule has 1 aromatic heterocycles. The van der Waals surface area contributed by atoms with Crippen molar-refractivity contribution < 1.29 is 4.42 Å². The Bertz CT molecular complexity index is 2690. The van der Waals surface area contributed by atoms with Gasteiger partial charge >= 0.3 is 0 Å². The van der Waals surface area contributed by atoms with Gasteiger partial charge in [0.05, 0.1) is 18.5 Å². The van der Waals surface area contributed by atoms with E-state index >= 15 is 0 Å². The van der Waals surface area contributed by atoms with Crippen molar-refractivity contribution in [2.24, 2.45) is 0 Å². The standard InChI is InChI=1S/C51H40N4O/c1-5-16-35(17-6-1)36-28-30-41(31-29-36)55(40-23-11-4-12-24-40)42-25-15-22-39(34-42)43-32-33-45(47-44-26-13-14-27-46(44)56-48(43)47)51-53-49(37-18-7-2-8-19-37)52-50(54-51)38-20-9-3-10-21-38/h1-34,49-54H. The van der Waals surface area contributed by atoms with E-state index in [1.807, 2.05) is 6.07 Å². The van der Waals surface area contributed by atoms with Crippen molar-refractivity contribution in [3.05, 3.63) is 223 Å². The van der Waals surface area contributed by atoms with Crippen LogP contribution in [0.1, 0.15) is 35.2 Å². The zero-order valence-corrected chi connectivity index (χ0v) is 30.7. The SMILES string of the molecule is c1ccc(-c2ccc(N(c3ccccc3)c3cccc(-c4ccc(C5NC(c6ccccc6)NC(c6ccccc6)N5)c5c4oc4ccccc45)c3)cc2)cc1. The maximum absolute atomic E-state index is 6.83. The predicted octanol–water partition coefficient (Wildman–Crippen LogP) is 12.6. The van der Waals surface area contributed by atoms with Gasteiger partial charge in [-0.15, -0.1) is 0 Å². The molecule has 10 rings (SSSR count). The molecule has 56 heavy (non-hydrogen) atoms. The van der Waals surface area contributed by atoms with Gasteiger partial charge in [0.15, 0.2) is 0 Å². The zero-order valence-electron chi connectivity index (χ0n) is 30.7. The Morgan fingerprint density at radius 2 is 0.911 bits per heavy atom.